The molecule has 0 radical (unpaired) electrons. The number of carbonyl (C=O) groups is 3. The maximum Gasteiger partial charge on any atom is 0.402 e. The summed E-state index contributed by atoms with van der Waals surface area (Å²) in [6, 6.07) is 5.62. The van der Waals surface area contributed by atoms with Crippen molar-refractivity contribution >= 4 is 29.5 Å². The van der Waals surface area contributed by atoms with E-state index in [0.717, 1.165) is 27.6 Å². The lowest BCUT2D eigenvalue weighted by Gasteiger charge is -2.35. The van der Waals surface area contributed by atoms with Gasteiger partial charge in [-0.25, -0.2) is 18.8 Å². The Morgan fingerprint density at radius 1 is 1.23 bits per heavy atom. The lowest BCUT2D eigenvalue weighted by molar-refractivity contribution is -0.680. The molecule has 2 unspecified atom stereocenters. The average Bonchev–Trinajstić information content (AvgIpc) is 3.24. The van der Waals surface area contributed by atoms with Crippen molar-refractivity contribution in [2.75, 3.05) is 14.2 Å². The first kappa shape index (κ1) is 20.8. The number of imide groups is 1. The quantitative estimate of drug-likeness (QED) is 0.686. The number of ketones is 1. The summed E-state index contributed by atoms with van der Waals surface area (Å²) in [5.74, 6) is 1.09. The highest BCUT2D eigenvalue weighted by Gasteiger charge is 2.55. The monoisotopic (exact) mass is 424 g/mol. The number of nitrogens with zero attached hydrogens (tertiary/aromatic N) is 5. The summed E-state index contributed by atoms with van der Waals surface area (Å²) in [7, 11) is 3.21. The Kier molecular flexibility index (Phi) is 4.91. The van der Waals surface area contributed by atoms with E-state index in [1.54, 1.807) is 21.1 Å². The summed E-state index contributed by atoms with van der Waals surface area (Å²) in [6.07, 6.45) is 0. The molecule has 2 atom stereocenters. The number of aromatic nitrogens is 2. The van der Waals surface area contributed by atoms with Gasteiger partial charge in [-0.05, 0) is 45.4 Å². The fourth-order valence-corrected chi connectivity index (χ4v) is 4.11. The molecule has 2 aromatic rings. The number of rotatable bonds is 5. The van der Waals surface area contributed by atoms with Crippen molar-refractivity contribution in [1.29, 1.82) is 0 Å². The van der Waals surface area contributed by atoms with Gasteiger partial charge in [0, 0.05) is 7.05 Å². The van der Waals surface area contributed by atoms with Crippen LogP contribution in [0.2, 0.25) is 0 Å². The SMILES string of the molecule is COc1ccc(C[n+]2c(C)c(C)n3c2N=C2C3C(=O)N(C(C)C(C)=O)C(=O)N2C)cc1. The van der Waals surface area contributed by atoms with Crippen molar-refractivity contribution in [2.24, 2.45) is 4.99 Å². The Morgan fingerprint density at radius 2 is 1.87 bits per heavy atom. The molecule has 31 heavy (non-hydrogen) atoms. The maximum atomic E-state index is 13.4. The van der Waals surface area contributed by atoms with Crippen LogP contribution >= 0.6 is 0 Å². The number of carbonyl (C=O) groups excluding carboxylic acids is 3. The first-order chi connectivity index (χ1) is 14.7. The minimum Gasteiger partial charge on any atom is -0.497 e. The van der Waals surface area contributed by atoms with Gasteiger partial charge in [0.2, 0.25) is 11.9 Å². The van der Waals surface area contributed by atoms with Crippen molar-refractivity contribution in [3.8, 4) is 5.75 Å². The number of urea groups is 1. The number of amides is 3. The molecule has 0 saturated carbocycles. The van der Waals surface area contributed by atoms with Gasteiger partial charge in [0.1, 0.15) is 17.1 Å². The first-order valence-electron chi connectivity index (χ1n) is 10.1. The smallest absolute Gasteiger partial charge is 0.402 e. The molecule has 0 bridgehead atoms. The molecule has 1 saturated heterocycles. The Balaban J connectivity index is 1.78. The number of imidazole rings is 1. The normalized spacial score (nSPS) is 18.6. The number of likely N-dealkylation sites (N-methyl/N-ethyl adjacent to an activating group) is 1. The molecule has 3 amide bonds. The highest BCUT2D eigenvalue weighted by atomic mass is 16.5. The van der Waals surface area contributed by atoms with Gasteiger partial charge in [-0.3, -0.25) is 14.5 Å². The number of ether oxygens (including phenoxy) is 1. The van der Waals surface area contributed by atoms with E-state index >= 15 is 0 Å². The molecule has 1 aromatic carbocycles. The van der Waals surface area contributed by atoms with E-state index in [-0.39, 0.29) is 5.78 Å². The maximum absolute atomic E-state index is 13.4. The Hall–Kier alpha value is -3.49. The predicted molar refractivity (Wildman–Crippen MR) is 112 cm³/mol. The number of hydrogen-bond acceptors (Lipinski definition) is 5. The van der Waals surface area contributed by atoms with E-state index < -0.39 is 24.0 Å². The van der Waals surface area contributed by atoms with E-state index in [9.17, 15) is 14.4 Å². The fraction of sp³-hybridized carbons (Fsp3) is 0.409. The van der Waals surface area contributed by atoms with E-state index in [2.05, 4.69) is 0 Å². The Bertz CT molecular complexity index is 1130. The van der Waals surface area contributed by atoms with Crippen LogP contribution in [-0.4, -0.2) is 58.1 Å². The van der Waals surface area contributed by atoms with E-state index in [1.165, 1.54) is 11.8 Å². The molecule has 4 rings (SSSR count). The molecule has 9 nitrogen and oxygen atoms in total. The van der Waals surface area contributed by atoms with Crippen LogP contribution in [0.1, 0.15) is 36.8 Å². The molecule has 1 aromatic heterocycles. The molecule has 0 spiro atoms. The van der Waals surface area contributed by atoms with Gasteiger partial charge in [0.25, 0.3) is 5.91 Å². The number of hydrogen-bond donors (Lipinski definition) is 0. The second-order valence-electron chi connectivity index (χ2n) is 7.98. The van der Waals surface area contributed by atoms with Crippen LogP contribution < -0.4 is 9.30 Å². The van der Waals surface area contributed by atoms with Crippen LogP contribution in [-0.2, 0) is 16.1 Å². The molecule has 2 aliphatic rings. The van der Waals surface area contributed by atoms with Gasteiger partial charge in [-0.2, -0.15) is 0 Å². The third-order valence-electron chi connectivity index (χ3n) is 6.25. The van der Waals surface area contributed by atoms with Crippen LogP contribution in [0.15, 0.2) is 29.3 Å². The van der Waals surface area contributed by atoms with Crippen molar-refractivity contribution < 1.29 is 23.7 Å². The number of fused-ring (bicyclic) bond motifs is 3. The van der Waals surface area contributed by atoms with Gasteiger partial charge in [0.05, 0.1) is 19.7 Å². The molecule has 1 fully saturated rings. The van der Waals surface area contributed by atoms with Crippen LogP contribution in [0.25, 0.3) is 0 Å². The van der Waals surface area contributed by atoms with Gasteiger partial charge >= 0.3 is 12.0 Å². The second kappa shape index (κ2) is 7.33. The molecule has 0 aliphatic carbocycles. The highest BCUT2D eigenvalue weighted by Crippen LogP contribution is 2.36. The standard InChI is InChI=1S/C22H26N5O4/c1-12-13(2)26-18-19(24(5)22(30)27(20(18)29)14(3)15(4)28)23-21(26)25(12)11-16-7-9-17(31-6)10-8-16/h7-10,14,18H,11H2,1-6H3/q+1. The third kappa shape index (κ3) is 3.03. The van der Waals surface area contributed by atoms with Crippen LogP contribution in [0, 0.1) is 13.8 Å². The minimum absolute atomic E-state index is 0.247. The van der Waals surface area contributed by atoms with Gasteiger partial charge < -0.3 is 4.74 Å². The van der Waals surface area contributed by atoms with Crippen LogP contribution in [0.4, 0.5) is 10.7 Å². The molecule has 0 N–H and O–H groups in total. The number of benzene rings is 1. The van der Waals surface area contributed by atoms with Crippen molar-refractivity contribution in [3.63, 3.8) is 0 Å². The zero-order chi connectivity index (χ0) is 22.6. The van der Waals surface area contributed by atoms with Crippen molar-refractivity contribution in [1.82, 2.24) is 14.4 Å². The summed E-state index contributed by atoms with van der Waals surface area (Å²) >= 11 is 0. The zero-order valence-corrected chi connectivity index (χ0v) is 18.5. The van der Waals surface area contributed by atoms with E-state index in [4.69, 9.17) is 9.73 Å². The molecular formula is C22H26N5O4+. The van der Waals surface area contributed by atoms with Crippen LogP contribution in [0.5, 0.6) is 5.75 Å². The van der Waals surface area contributed by atoms with Gasteiger partial charge in [-0.15, -0.1) is 0 Å². The highest BCUT2D eigenvalue weighted by molar-refractivity contribution is 6.21. The summed E-state index contributed by atoms with van der Waals surface area (Å²) in [5.41, 5.74) is 2.92. The number of aliphatic imine (C=N–C) groups is 1. The third-order valence-corrected chi connectivity index (χ3v) is 6.25. The summed E-state index contributed by atoms with van der Waals surface area (Å²) < 4.78 is 9.12. The first-order valence-corrected chi connectivity index (χ1v) is 10.1. The van der Waals surface area contributed by atoms with Crippen molar-refractivity contribution in [2.45, 2.75) is 46.3 Å². The topological polar surface area (TPSA) is 88.1 Å². The molecule has 3 heterocycles. The van der Waals surface area contributed by atoms with Crippen LogP contribution in [0.3, 0.4) is 0 Å². The molecule has 9 heteroatoms. The number of amidine groups is 1. The Labute approximate surface area is 180 Å². The minimum atomic E-state index is -0.837. The number of Topliss-reactive ketones (excluding diaryl/α,β-unsaturated/α-hetero) is 1. The van der Waals surface area contributed by atoms with E-state index in [1.807, 2.05) is 47.2 Å². The predicted octanol–water partition coefficient (Wildman–Crippen LogP) is 1.91. The van der Waals surface area contributed by atoms with Gasteiger partial charge in [0.15, 0.2) is 5.78 Å². The van der Waals surface area contributed by atoms with Crippen molar-refractivity contribution in [3.05, 3.63) is 41.2 Å². The second-order valence-corrected chi connectivity index (χ2v) is 7.98. The summed E-state index contributed by atoms with van der Waals surface area (Å²) in [5, 5.41) is 0. The summed E-state index contributed by atoms with van der Waals surface area (Å²) in [6.45, 7) is 7.42. The summed E-state index contributed by atoms with van der Waals surface area (Å²) in [4.78, 5) is 45.3. The van der Waals surface area contributed by atoms with Gasteiger partial charge in [-0.1, -0.05) is 17.1 Å². The molecular weight excluding hydrogens is 398 g/mol. The molecule has 162 valence electrons. The lowest BCUT2D eigenvalue weighted by Crippen LogP contribution is -2.61. The number of methoxy groups -OCH3 is 1. The fourth-order valence-electron chi connectivity index (χ4n) is 4.11. The Morgan fingerprint density at radius 3 is 2.45 bits per heavy atom. The van der Waals surface area contributed by atoms with E-state index in [0.29, 0.717) is 18.3 Å². The molecule has 2 aliphatic heterocycles. The average molecular weight is 424 g/mol. The largest absolute Gasteiger partial charge is 0.497 e. The lowest BCUT2D eigenvalue weighted by atomic mass is 10.1. The zero-order valence-electron chi connectivity index (χ0n) is 18.5.